The standard InChI is InChI=1S/C23H21ClN4O2S/c1-23(2,3)16-5-7-18(8-6-16)31(30)27-19-12-17(24)13-26-21(19)22(29)15-4-9-20-25-10-11-28(20)14-15/h4-14,27H,1-3H3. The number of hydrogen-bond acceptors (Lipinski definition) is 4. The second-order valence-electron chi connectivity index (χ2n) is 8.13. The van der Waals surface area contributed by atoms with Crippen LogP contribution in [0, 0.1) is 0 Å². The number of aromatic nitrogens is 3. The SMILES string of the molecule is CC(C)(C)c1ccc(S(=O)Nc2cc(Cl)cnc2C(=O)c2ccc3nccn3c2)cc1. The van der Waals surface area contributed by atoms with E-state index in [9.17, 15) is 9.00 Å². The van der Waals surface area contributed by atoms with Gasteiger partial charge in [0.1, 0.15) is 22.3 Å². The van der Waals surface area contributed by atoms with Gasteiger partial charge in [0, 0.05) is 30.4 Å². The molecule has 0 aliphatic rings. The van der Waals surface area contributed by atoms with Crippen molar-refractivity contribution in [3.63, 3.8) is 0 Å². The minimum absolute atomic E-state index is 0.000253. The number of halogens is 1. The van der Waals surface area contributed by atoms with Crippen LogP contribution in [-0.2, 0) is 16.4 Å². The molecule has 8 heteroatoms. The average molecular weight is 453 g/mol. The first-order chi connectivity index (χ1) is 14.7. The van der Waals surface area contributed by atoms with Crippen LogP contribution in [0.2, 0.25) is 5.02 Å². The zero-order valence-corrected chi connectivity index (χ0v) is 18.9. The minimum atomic E-state index is -1.59. The zero-order valence-electron chi connectivity index (χ0n) is 17.3. The van der Waals surface area contributed by atoms with Gasteiger partial charge in [-0.15, -0.1) is 0 Å². The number of fused-ring (bicyclic) bond motifs is 1. The Morgan fingerprint density at radius 1 is 1.10 bits per heavy atom. The van der Waals surface area contributed by atoms with Crippen LogP contribution >= 0.6 is 11.6 Å². The van der Waals surface area contributed by atoms with Gasteiger partial charge in [0.25, 0.3) is 0 Å². The number of nitrogens with one attached hydrogen (secondary N) is 1. The van der Waals surface area contributed by atoms with Gasteiger partial charge in [-0.05, 0) is 41.3 Å². The third kappa shape index (κ3) is 4.52. The number of carbonyl (C=O) groups is 1. The first-order valence-electron chi connectivity index (χ1n) is 9.64. The van der Waals surface area contributed by atoms with Crippen LogP contribution in [0.25, 0.3) is 5.65 Å². The first kappa shape index (κ1) is 21.2. The number of imidazole rings is 1. The highest BCUT2D eigenvalue weighted by atomic mass is 35.5. The number of ketones is 1. The number of pyridine rings is 2. The van der Waals surface area contributed by atoms with Gasteiger partial charge in [0.15, 0.2) is 0 Å². The van der Waals surface area contributed by atoms with E-state index in [0.717, 1.165) is 11.2 Å². The molecule has 0 fully saturated rings. The van der Waals surface area contributed by atoms with Crippen molar-refractivity contribution < 1.29 is 9.00 Å². The molecule has 1 aromatic carbocycles. The Bertz CT molecular complexity index is 1290. The first-order valence-corrected chi connectivity index (χ1v) is 11.2. The largest absolute Gasteiger partial charge is 0.306 e. The molecule has 0 aliphatic carbocycles. The highest BCUT2D eigenvalue weighted by Crippen LogP contribution is 2.26. The second-order valence-corrected chi connectivity index (χ2v) is 9.78. The van der Waals surface area contributed by atoms with Crippen LogP contribution in [0.15, 0.2) is 72.1 Å². The summed E-state index contributed by atoms with van der Waals surface area (Å²) in [7, 11) is -1.59. The predicted octanol–water partition coefficient (Wildman–Crippen LogP) is 5.05. The number of carbonyl (C=O) groups excluding carboxylic acids is 1. The summed E-state index contributed by atoms with van der Waals surface area (Å²) in [5.41, 5.74) is 2.76. The summed E-state index contributed by atoms with van der Waals surface area (Å²) in [5, 5.41) is 0.337. The van der Waals surface area contributed by atoms with Crippen molar-refractivity contribution in [1.29, 1.82) is 0 Å². The van der Waals surface area contributed by atoms with E-state index in [1.165, 1.54) is 6.20 Å². The molecule has 31 heavy (non-hydrogen) atoms. The van der Waals surface area contributed by atoms with Crippen LogP contribution in [0.3, 0.4) is 0 Å². The van der Waals surface area contributed by atoms with Crippen molar-refractivity contribution in [1.82, 2.24) is 14.4 Å². The van der Waals surface area contributed by atoms with Gasteiger partial charge in [-0.3, -0.25) is 9.52 Å². The van der Waals surface area contributed by atoms with E-state index in [0.29, 0.717) is 21.2 Å². The van der Waals surface area contributed by atoms with E-state index >= 15 is 0 Å². The van der Waals surface area contributed by atoms with E-state index in [2.05, 4.69) is 35.5 Å². The maximum atomic E-state index is 13.1. The van der Waals surface area contributed by atoms with Crippen molar-refractivity contribution in [2.24, 2.45) is 0 Å². The summed E-state index contributed by atoms with van der Waals surface area (Å²) in [6.07, 6.45) is 6.51. The number of benzene rings is 1. The Kier molecular flexibility index (Phi) is 5.64. The zero-order chi connectivity index (χ0) is 22.2. The van der Waals surface area contributed by atoms with Gasteiger partial charge in [0.05, 0.1) is 15.6 Å². The Morgan fingerprint density at radius 3 is 2.55 bits per heavy atom. The molecular weight excluding hydrogens is 432 g/mol. The highest BCUT2D eigenvalue weighted by Gasteiger charge is 2.19. The van der Waals surface area contributed by atoms with Crippen LogP contribution in [-0.4, -0.2) is 24.4 Å². The van der Waals surface area contributed by atoms with Crippen molar-refractivity contribution in [3.8, 4) is 0 Å². The molecule has 6 nitrogen and oxygen atoms in total. The molecule has 0 radical (unpaired) electrons. The number of nitrogens with zero attached hydrogens (tertiary/aromatic N) is 3. The molecule has 4 aromatic rings. The molecule has 0 spiro atoms. The van der Waals surface area contributed by atoms with E-state index in [1.54, 1.807) is 41.2 Å². The van der Waals surface area contributed by atoms with Gasteiger partial charge < -0.3 is 4.40 Å². The summed E-state index contributed by atoms with van der Waals surface area (Å²) in [6.45, 7) is 6.36. The van der Waals surface area contributed by atoms with Gasteiger partial charge in [-0.1, -0.05) is 44.5 Å². The third-order valence-corrected chi connectivity index (χ3v) is 6.17. The fourth-order valence-electron chi connectivity index (χ4n) is 3.13. The molecule has 0 bridgehead atoms. The van der Waals surface area contributed by atoms with Crippen LogP contribution in [0.4, 0.5) is 5.69 Å². The number of rotatable bonds is 5. The number of hydrogen-bond donors (Lipinski definition) is 1. The monoisotopic (exact) mass is 452 g/mol. The maximum Gasteiger partial charge on any atom is 0.214 e. The van der Waals surface area contributed by atoms with Gasteiger partial charge >= 0.3 is 0 Å². The van der Waals surface area contributed by atoms with Gasteiger partial charge in [-0.25, -0.2) is 14.2 Å². The lowest BCUT2D eigenvalue weighted by Gasteiger charge is -2.19. The Hall–Kier alpha value is -3.03. The quantitative estimate of drug-likeness (QED) is 0.430. The smallest absolute Gasteiger partial charge is 0.214 e. The summed E-state index contributed by atoms with van der Waals surface area (Å²) in [4.78, 5) is 22.1. The lowest BCUT2D eigenvalue weighted by Crippen LogP contribution is -2.14. The van der Waals surface area contributed by atoms with Gasteiger partial charge in [0.2, 0.25) is 5.78 Å². The van der Waals surface area contributed by atoms with Crippen molar-refractivity contribution in [2.45, 2.75) is 31.1 Å². The summed E-state index contributed by atoms with van der Waals surface area (Å²) < 4.78 is 17.6. The number of anilines is 1. The molecule has 0 saturated heterocycles. The molecule has 1 N–H and O–H groups in total. The van der Waals surface area contributed by atoms with E-state index < -0.39 is 11.0 Å². The Morgan fingerprint density at radius 2 is 1.84 bits per heavy atom. The molecule has 1 atom stereocenters. The molecule has 0 saturated carbocycles. The molecule has 4 rings (SSSR count). The molecule has 3 aromatic heterocycles. The average Bonchev–Trinajstić information content (AvgIpc) is 3.21. The van der Waals surface area contributed by atoms with Gasteiger partial charge in [-0.2, -0.15) is 0 Å². The summed E-state index contributed by atoms with van der Waals surface area (Å²) in [5.74, 6) is -0.310. The fraction of sp³-hybridized carbons (Fsp3) is 0.174. The summed E-state index contributed by atoms with van der Waals surface area (Å²) in [6, 6.07) is 12.5. The highest BCUT2D eigenvalue weighted by molar-refractivity contribution is 7.86. The van der Waals surface area contributed by atoms with Crippen molar-refractivity contribution >= 4 is 39.7 Å². The Labute approximate surface area is 187 Å². The second kappa shape index (κ2) is 8.24. The van der Waals surface area contributed by atoms with E-state index in [4.69, 9.17) is 11.6 Å². The topological polar surface area (TPSA) is 76.4 Å². The molecule has 3 heterocycles. The van der Waals surface area contributed by atoms with Crippen LogP contribution in [0.1, 0.15) is 42.4 Å². The van der Waals surface area contributed by atoms with Crippen LogP contribution in [0.5, 0.6) is 0 Å². The Balaban J connectivity index is 1.63. The van der Waals surface area contributed by atoms with Crippen LogP contribution < -0.4 is 4.72 Å². The molecular formula is C23H21ClN4O2S. The molecule has 1 unspecified atom stereocenters. The third-order valence-electron chi connectivity index (χ3n) is 4.86. The summed E-state index contributed by atoms with van der Waals surface area (Å²) >= 11 is 6.11. The molecule has 0 amide bonds. The fourth-order valence-corrected chi connectivity index (χ4v) is 4.14. The predicted molar refractivity (Wildman–Crippen MR) is 123 cm³/mol. The lowest BCUT2D eigenvalue weighted by molar-refractivity contribution is 0.103. The molecule has 0 aliphatic heterocycles. The van der Waals surface area contributed by atoms with Crippen molar-refractivity contribution in [3.05, 3.63) is 89.1 Å². The minimum Gasteiger partial charge on any atom is -0.306 e. The normalized spacial score (nSPS) is 12.6. The molecule has 158 valence electrons. The maximum absolute atomic E-state index is 13.1. The van der Waals surface area contributed by atoms with E-state index in [1.807, 2.05) is 24.3 Å². The van der Waals surface area contributed by atoms with E-state index in [-0.39, 0.29) is 16.9 Å². The lowest BCUT2D eigenvalue weighted by atomic mass is 9.87. The van der Waals surface area contributed by atoms with Crippen molar-refractivity contribution in [2.75, 3.05) is 4.72 Å².